The van der Waals surface area contributed by atoms with Crippen LogP contribution in [0.4, 0.5) is 24.7 Å². The lowest BCUT2D eigenvalue weighted by molar-refractivity contribution is -0.137. The zero-order chi connectivity index (χ0) is 29.1. The molecule has 0 saturated carbocycles. The minimum Gasteiger partial charge on any atom is -0.357 e. The fourth-order valence-electron chi connectivity index (χ4n) is 4.81. The third kappa shape index (κ3) is 5.94. The number of rotatable bonds is 7. The van der Waals surface area contributed by atoms with Gasteiger partial charge in [0.05, 0.1) is 33.6 Å². The first kappa shape index (κ1) is 28.6. The smallest absolute Gasteiger partial charge is 0.357 e. The summed E-state index contributed by atoms with van der Waals surface area (Å²) in [7, 11) is 0. The number of nitrogens with one attached hydrogen (secondary N) is 1. The molecule has 0 atom stereocenters. The van der Waals surface area contributed by atoms with Crippen LogP contribution in [0.5, 0.6) is 0 Å². The number of nitrogens with zero attached hydrogens (tertiary/aromatic N) is 4. The minimum absolute atomic E-state index is 0.00580. The van der Waals surface area contributed by atoms with Crippen LogP contribution in [0.25, 0.3) is 11.3 Å². The van der Waals surface area contributed by atoms with Gasteiger partial charge in [0.1, 0.15) is 17.5 Å². The molecule has 1 N–H and O–H groups in total. The predicted octanol–water partition coefficient (Wildman–Crippen LogP) is 7.21. The van der Waals surface area contributed by atoms with Gasteiger partial charge in [-0.3, -0.25) is 19.6 Å². The molecule has 5 rings (SSSR count). The Bertz CT molecular complexity index is 1570. The molecule has 12 heteroatoms. The van der Waals surface area contributed by atoms with E-state index in [1.54, 1.807) is 36.4 Å². The number of alkyl halides is 4. The number of carbonyl (C=O) groups excluding carboxylic acids is 2. The molecule has 0 aliphatic carbocycles. The SMILES string of the molecule is O=C(c1cc(N2CCCCC2)ncc1N(CCl)C(=O)c1ccccc1)c1c[nH]nc1-c1ccc(Cl)c(C(F)(F)F)c1. The fraction of sp³-hybridized carbons (Fsp3) is 0.241. The van der Waals surface area contributed by atoms with E-state index >= 15 is 0 Å². The second-order valence-corrected chi connectivity index (χ2v) is 10.1. The van der Waals surface area contributed by atoms with Gasteiger partial charge >= 0.3 is 6.18 Å². The third-order valence-electron chi connectivity index (χ3n) is 6.90. The number of amides is 1. The second-order valence-electron chi connectivity index (χ2n) is 9.50. The summed E-state index contributed by atoms with van der Waals surface area (Å²) in [5.41, 5.74) is -0.344. The largest absolute Gasteiger partial charge is 0.417 e. The van der Waals surface area contributed by atoms with Gasteiger partial charge in [0.15, 0.2) is 5.78 Å². The molecule has 7 nitrogen and oxygen atoms in total. The van der Waals surface area contributed by atoms with E-state index in [2.05, 4.69) is 20.1 Å². The van der Waals surface area contributed by atoms with E-state index in [-0.39, 0.29) is 34.1 Å². The quantitative estimate of drug-likeness (QED) is 0.137. The van der Waals surface area contributed by atoms with Crippen molar-refractivity contribution in [2.75, 3.05) is 28.9 Å². The number of hydrogen-bond donors (Lipinski definition) is 1. The summed E-state index contributed by atoms with van der Waals surface area (Å²) in [6.45, 7) is 1.51. The van der Waals surface area contributed by atoms with E-state index in [1.165, 1.54) is 23.4 Å². The molecule has 1 saturated heterocycles. The van der Waals surface area contributed by atoms with Gasteiger partial charge in [0.2, 0.25) is 0 Å². The topological polar surface area (TPSA) is 82.2 Å². The molecule has 0 unspecified atom stereocenters. The van der Waals surface area contributed by atoms with E-state index < -0.39 is 28.5 Å². The molecule has 1 aliphatic heterocycles. The third-order valence-corrected chi connectivity index (χ3v) is 7.47. The molecule has 0 radical (unpaired) electrons. The van der Waals surface area contributed by atoms with Gasteiger partial charge in [-0.2, -0.15) is 18.3 Å². The number of ketones is 1. The number of H-pyrrole nitrogens is 1. The Kier molecular flexibility index (Phi) is 8.32. The number of piperidine rings is 1. The summed E-state index contributed by atoms with van der Waals surface area (Å²) < 4.78 is 40.7. The maximum atomic E-state index is 14.2. The lowest BCUT2D eigenvalue weighted by atomic mass is 9.98. The minimum atomic E-state index is -4.70. The zero-order valence-corrected chi connectivity index (χ0v) is 23.1. The highest BCUT2D eigenvalue weighted by molar-refractivity contribution is 6.31. The standard InChI is InChI=1S/C29H24Cl2F3N5O2/c30-17-39(28(41)18-7-3-1-4-8-18)24-16-35-25(38-11-5-2-6-12-38)14-20(24)27(40)21-15-36-37-26(21)19-9-10-23(31)22(13-19)29(32,33)34/h1,3-4,7-10,13-16H,2,5-6,11-12,17H2,(H,36,37). The Hall–Kier alpha value is -3.89. The molecular weight excluding hydrogens is 578 g/mol. The molecule has 41 heavy (non-hydrogen) atoms. The highest BCUT2D eigenvalue weighted by Gasteiger charge is 2.34. The van der Waals surface area contributed by atoms with Crippen molar-refractivity contribution in [1.29, 1.82) is 0 Å². The molecule has 212 valence electrons. The van der Waals surface area contributed by atoms with Crippen molar-refractivity contribution < 1.29 is 22.8 Å². The summed E-state index contributed by atoms with van der Waals surface area (Å²) >= 11 is 12.1. The van der Waals surface area contributed by atoms with Crippen LogP contribution in [0.3, 0.4) is 0 Å². The van der Waals surface area contributed by atoms with Crippen molar-refractivity contribution in [2.45, 2.75) is 25.4 Å². The normalized spacial score (nSPS) is 13.7. The molecular formula is C29H24Cl2F3N5O2. The van der Waals surface area contributed by atoms with Gasteiger partial charge in [-0.1, -0.05) is 35.9 Å². The first-order valence-electron chi connectivity index (χ1n) is 12.8. The monoisotopic (exact) mass is 601 g/mol. The van der Waals surface area contributed by atoms with Crippen molar-refractivity contribution in [3.05, 3.63) is 94.3 Å². The molecule has 1 amide bonds. The van der Waals surface area contributed by atoms with Gasteiger partial charge in [-0.15, -0.1) is 11.6 Å². The Labute approximate surface area is 243 Å². The number of halogens is 5. The summed E-state index contributed by atoms with van der Waals surface area (Å²) in [4.78, 5) is 35.4. The van der Waals surface area contributed by atoms with Gasteiger partial charge in [-0.25, -0.2) is 4.98 Å². The molecule has 0 spiro atoms. The van der Waals surface area contributed by atoms with Crippen molar-refractivity contribution >= 4 is 46.4 Å². The zero-order valence-electron chi connectivity index (χ0n) is 21.6. The maximum Gasteiger partial charge on any atom is 0.417 e. The van der Waals surface area contributed by atoms with E-state index in [0.717, 1.165) is 44.5 Å². The first-order chi connectivity index (χ1) is 19.7. The van der Waals surface area contributed by atoms with Crippen LogP contribution in [0.15, 0.2) is 67.0 Å². The molecule has 4 aromatic rings. The number of benzene rings is 2. The lowest BCUT2D eigenvalue weighted by Crippen LogP contribution is -2.33. The van der Waals surface area contributed by atoms with Gasteiger partial charge in [0, 0.05) is 30.4 Å². The molecule has 3 heterocycles. The first-order valence-corrected chi connectivity index (χ1v) is 13.7. The van der Waals surface area contributed by atoms with E-state index in [4.69, 9.17) is 23.2 Å². The number of hydrogen-bond acceptors (Lipinski definition) is 5. The number of carbonyl (C=O) groups is 2. The van der Waals surface area contributed by atoms with E-state index in [9.17, 15) is 22.8 Å². The van der Waals surface area contributed by atoms with Gasteiger partial charge in [0.25, 0.3) is 5.91 Å². The van der Waals surface area contributed by atoms with Crippen LogP contribution in [-0.2, 0) is 6.18 Å². The average Bonchev–Trinajstić information content (AvgIpc) is 3.48. The molecule has 1 aliphatic rings. The second kappa shape index (κ2) is 11.9. The Morgan fingerprint density at radius 1 is 1.00 bits per heavy atom. The highest BCUT2D eigenvalue weighted by atomic mass is 35.5. The highest BCUT2D eigenvalue weighted by Crippen LogP contribution is 2.38. The maximum absolute atomic E-state index is 14.2. The van der Waals surface area contributed by atoms with Crippen LogP contribution in [-0.4, -0.2) is 46.0 Å². The summed E-state index contributed by atoms with van der Waals surface area (Å²) in [5.74, 6) is -0.458. The van der Waals surface area contributed by atoms with Crippen LogP contribution in [0.2, 0.25) is 5.02 Å². The van der Waals surface area contributed by atoms with Gasteiger partial charge in [-0.05, 0) is 49.6 Å². The van der Waals surface area contributed by atoms with Crippen LogP contribution < -0.4 is 9.80 Å². The Morgan fingerprint density at radius 2 is 1.73 bits per heavy atom. The number of aromatic nitrogens is 3. The van der Waals surface area contributed by atoms with Gasteiger partial charge < -0.3 is 4.90 Å². The number of aromatic amines is 1. The van der Waals surface area contributed by atoms with Crippen molar-refractivity contribution in [3.8, 4) is 11.3 Å². The Balaban J connectivity index is 1.61. The Morgan fingerprint density at radius 3 is 2.41 bits per heavy atom. The summed E-state index contributed by atoms with van der Waals surface area (Å²) in [6, 6.07) is 13.1. The molecule has 2 aromatic carbocycles. The van der Waals surface area contributed by atoms with Crippen molar-refractivity contribution in [2.24, 2.45) is 0 Å². The van der Waals surface area contributed by atoms with Crippen LogP contribution in [0.1, 0.15) is 51.1 Å². The average molecular weight is 602 g/mol. The molecule has 0 bridgehead atoms. The van der Waals surface area contributed by atoms with Crippen LogP contribution >= 0.6 is 23.2 Å². The summed E-state index contributed by atoms with van der Waals surface area (Å²) in [6.07, 6.45) is 1.08. The van der Waals surface area contributed by atoms with Crippen molar-refractivity contribution in [1.82, 2.24) is 15.2 Å². The number of anilines is 2. The van der Waals surface area contributed by atoms with E-state index in [0.29, 0.717) is 11.4 Å². The van der Waals surface area contributed by atoms with Crippen LogP contribution in [0, 0.1) is 0 Å². The fourth-order valence-corrected chi connectivity index (χ4v) is 5.27. The molecule has 1 fully saturated rings. The predicted molar refractivity (Wildman–Crippen MR) is 152 cm³/mol. The number of pyridine rings is 1. The van der Waals surface area contributed by atoms with E-state index in [1.807, 2.05) is 0 Å². The van der Waals surface area contributed by atoms with Crippen molar-refractivity contribution in [3.63, 3.8) is 0 Å². The lowest BCUT2D eigenvalue weighted by Gasteiger charge is -2.29. The molecule has 2 aromatic heterocycles. The summed E-state index contributed by atoms with van der Waals surface area (Å²) in [5, 5.41) is 6.21.